The van der Waals surface area contributed by atoms with Gasteiger partial charge in [-0.3, -0.25) is 4.79 Å². The number of likely N-dealkylation sites (N-methyl/N-ethyl adjacent to an activating group) is 1. The molecular weight excluding hydrogens is 368 g/mol. The average molecular weight is 392 g/mol. The summed E-state index contributed by atoms with van der Waals surface area (Å²) in [5.74, 6) is -0.359. The number of amides is 1. The molecule has 0 saturated heterocycles. The minimum atomic E-state index is -0.359. The second-order valence-electron chi connectivity index (χ2n) is 6.39. The molecule has 7 nitrogen and oxygen atoms in total. The van der Waals surface area contributed by atoms with Crippen molar-refractivity contribution in [3.8, 4) is 6.07 Å². The van der Waals surface area contributed by atoms with Crippen LogP contribution in [0.2, 0.25) is 0 Å². The molecule has 0 fully saturated rings. The molecule has 0 spiro atoms. The first kappa shape index (κ1) is 21.6. The standard InChI is InChI=1S/C22H24N4O3/c1-14-9-10-17(11-18(14)12-23)16(3)25-29-13-20-15(2)7-6-8-19(20)21(26-28-5)22(27)24-4/h6-11H,13H2,1-5H3,(H,24,27)/b25-16+,26-21+. The van der Waals surface area contributed by atoms with Crippen molar-refractivity contribution in [1.29, 1.82) is 5.26 Å². The number of carbonyl (C=O) groups excluding carboxylic acids is 1. The molecule has 0 atom stereocenters. The molecule has 0 bridgehead atoms. The summed E-state index contributed by atoms with van der Waals surface area (Å²) >= 11 is 0. The number of oxime groups is 2. The molecule has 2 rings (SSSR count). The quantitative estimate of drug-likeness (QED) is 0.578. The lowest BCUT2D eigenvalue weighted by Gasteiger charge is -2.13. The van der Waals surface area contributed by atoms with Gasteiger partial charge in [0.15, 0.2) is 5.71 Å². The van der Waals surface area contributed by atoms with Crippen LogP contribution in [0.4, 0.5) is 0 Å². The first-order valence-electron chi connectivity index (χ1n) is 9.02. The van der Waals surface area contributed by atoms with Crippen LogP contribution in [0.15, 0.2) is 46.7 Å². The average Bonchev–Trinajstić information content (AvgIpc) is 2.72. The van der Waals surface area contributed by atoms with Crippen LogP contribution in [0.1, 0.15) is 40.3 Å². The summed E-state index contributed by atoms with van der Waals surface area (Å²) in [5, 5.41) is 19.8. The van der Waals surface area contributed by atoms with Crippen LogP contribution in [0.5, 0.6) is 0 Å². The number of carbonyl (C=O) groups is 1. The third-order valence-corrected chi connectivity index (χ3v) is 4.48. The second kappa shape index (κ2) is 10.0. The van der Waals surface area contributed by atoms with E-state index in [1.54, 1.807) is 12.1 Å². The summed E-state index contributed by atoms with van der Waals surface area (Å²) in [6, 6.07) is 13.3. The van der Waals surface area contributed by atoms with Gasteiger partial charge in [-0.2, -0.15) is 5.26 Å². The fraction of sp³-hybridized carbons (Fsp3) is 0.273. The van der Waals surface area contributed by atoms with Gasteiger partial charge in [0.2, 0.25) is 0 Å². The number of nitrogens with one attached hydrogen (secondary N) is 1. The minimum absolute atomic E-state index is 0.149. The van der Waals surface area contributed by atoms with E-state index in [1.165, 1.54) is 14.2 Å². The maximum atomic E-state index is 12.2. The molecule has 2 aromatic rings. The van der Waals surface area contributed by atoms with Gasteiger partial charge in [-0.25, -0.2) is 0 Å². The molecule has 0 aliphatic heterocycles. The van der Waals surface area contributed by atoms with Gasteiger partial charge in [-0.1, -0.05) is 40.6 Å². The maximum Gasteiger partial charge on any atom is 0.273 e. The van der Waals surface area contributed by atoms with E-state index in [0.29, 0.717) is 16.8 Å². The van der Waals surface area contributed by atoms with Crippen molar-refractivity contribution < 1.29 is 14.5 Å². The van der Waals surface area contributed by atoms with Crippen LogP contribution in [0.3, 0.4) is 0 Å². The zero-order chi connectivity index (χ0) is 21.4. The lowest BCUT2D eigenvalue weighted by molar-refractivity contribution is -0.114. The summed E-state index contributed by atoms with van der Waals surface area (Å²) < 4.78 is 0. The van der Waals surface area contributed by atoms with Crippen molar-refractivity contribution in [2.45, 2.75) is 27.4 Å². The Bertz CT molecular complexity index is 1000. The Kier molecular flexibility index (Phi) is 7.49. The van der Waals surface area contributed by atoms with E-state index >= 15 is 0 Å². The Morgan fingerprint density at radius 1 is 1.17 bits per heavy atom. The van der Waals surface area contributed by atoms with Gasteiger partial charge < -0.3 is 15.0 Å². The topological polar surface area (TPSA) is 96.1 Å². The molecule has 150 valence electrons. The number of benzene rings is 2. The Labute approximate surface area is 170 Å². The van der Waals surface area contributed by atoms with E-state index in [0.717, 1.165) is 22.3 Å². The van der Waals surface area contributed by atoms with Gasteiger partial charge in [0.25, 0.3) is 5.91 Å². The fourth-order valence-corrected chi connectivity index (χ4v) is 2.75. The number of hydrogen-bond acceptors (Lipinski definition) is 6. The molecule has 0 aromatic heterocycles. The first-order valence-corrected chi connectivity index (χ1v) is 9.02. The molecule has 7 heteroatoms. The van der Waals surface area contributed by atoms with Crippen molar-refractivity contribution in [3.05, 3.63) is 69.8 Å². The number of nitriles is 1. The summed E-state index contributed by atoms with van der Waals surface area (Å²) in [6.45, 7) is 5.77. The Morgan fingerprint density at radius 3 is 2.59 bits per heavy atom. The third kappa shape index (κ3) is 5.20. The number of rotatable bonds is 7. The van der Waals surface area contributed by atoms with Crippen molar-refractivity contribution >= 4 is 17.3 Å². The Hall–Kier alpha value is -3.66. The molecule has 1 amide bonds. The molecule has 0 saturated carbocycles. The minimum Gasteiger partial charge on any atom is -0.398 e. The van der Waals surface area contributed by atoms with Crippen molar-refractivity contribution in [3.63, 3.8) is 0 Å². The lowest BCUT2D eigenvalue weighted by atomic mass is 9.98. The molecule has 29 heavy (non-hydrogen) atoms. The summed E-state index contributed by atoms with van der Waals surface area (Å²) in [7, 11) is 2.92. The van der Waals surface area contributed by atoms with Gasteiger partial charge in [0.1, 0.15) is 13.7 Å². The zero-order valence-corrected chi connectivity index (χ0v) is 17.2. The highest BCUT2D eigenvalue weighted by molar-refractivity contribution is 6.45. The van der Waals surface area contributed by atoms with Gasteiger partial charge >= 0.3 is 0 Å². The molecule has 0 radical (unpaired) electrons. The predicted octanol–water partition coefficient (Wildman–Crippen LogP) is 3.21. The molecule has 0 heterocycles. The maximum absolute atomic E-state index is 12.2. The van der Waals surface area contributed by atoms with Crippen molar-refractivity contribution in [2.75, 3.05) is 14.2 Å². The van der Waals surface area contributed by atoms with Crippen molar-refractivity contribution in [1.82, 2.24) is 5.32 Å². The van der Waals surface area contributed by atoms with Gasteiger partial charge in [0, 0.05) is 23.7 Å². The highest BCUT2D eigenvalue weighted by Gasteiger charge is 2.19. The molecule has 2 aromatic carbocycles. The van der Waals surface area contributed by atoms with E-state index in [-0.39, 0.29) is 18.2 Å². The highest BCUT2D eigenvalue weighted by atomic mass is 16.6. The SMILES string of the molecule is CNC(=O)/C(=N/OC)c1cccc(C)c1CO/N=C(\C)c1ccc(C)c(C#N)c1. The fourth-order valence-electron chi connectivity index (χ4n) is 2.75. The molecular formula is C22H24N4O3. The van der Waals surface area contributed by atoms with Crippen LogP contribution < -0.4 is 5.32 Å². The molecule has 0 unspecified atom stereocenters. The Balaban J connectivity index is 2.29. The third-order valence-electron chi connectivity index (χ3n) is 4.48. The molecule has 1 N–H and O–H groups in total. The monoisotopic (exact) mass is 392 g/mol. The largest absolute Gasteiger partial charge is 0.398 e. The number of hydrogen-bond donors (Lipinski definition) is 1. The van der Waals surface area contributed by atoms with E-state index in [2.05, 4.69) is 21.7 Å². The summed E-state index contributed by atoms with van der Waals surface area (Å²) in [6.07, 6.45) is 0. The van der Waals surface area contributed by atoms with Crippen LogP contribution in [0.25, 0.3) is 0 Å². The number of aryl methyl sites for hydroxylation is 2. The van der Waals surface area contributed by atoms with Gasteiger partial charge in [0.05, 0.1) is 17.3 Å². The summed E-state index contributed by atoms with van der Waals surface area (Å²) in [4.78, 5) is 22.6. The summed E-state index contributed by atoms with van der Waals surface area (Å²) in [5.41, 5.74) is 5.46. The van der Waals surface area contributed by atoms with Crippen LogP contribution in [-0.4, -0.2) is 31.5 Å². The van der Waals surface area contributed by atoms with Gasteiger partial charge in [-0.05, 0) is 38.0 Å². The first-order chi connectivity index (χ1) is 13.9. The van der Waals surface area contributed by atoms with E-state index in [1.807, 2.05) is 45.0 Å². The predicted molar refractivity (Wildman–Crippen MR) is 112 cm³/mol. The Morgan fingerprint density at radius 2 is 1.93 bits per heavy atom. The van der Waals surface area contributed by atoms with Crippen LogP contribution in [0, 0.1) is 25.2 Å². The van der Waals surface area contributed by atoms with Crippen molar-refractivity contribution in [2.24, 2.45) is 10.3 Å². The van der Waals surface area contributed by atoms with E-state index in [4.69, 9.17) is 9.68 Å². The highest BCUT2D eigenvalue weighted by Crippen LogP contribution is 2.18. The lowest BCUT2D eigenvalue weighted by Crippen LogP contribution is -2.29. The second-order valence-corrected chi connectivity index (χ2v) is 6.39. The smallest absolute Gasteiger partial charge is 0.273 e. The van der Waals surface area contributed by atoms with E-state index in [9.17, 15) is 10.1 Å². The van der Waals surface area contributed by atoms with Gasteiger partial charge in [-0.15, -0.1) is 0 Å². The molecule has 0 aliphatic rings. The van der Waals surface area contributed by atoms with Crippen LogP contribution in [-0.2, 0) is 21.1 Å². The zero-order valence-electron chi connectivity index (χ0n) is 17.2. The molecule has 0 aliphatic carbocycles. The van der Waals surface area contributed by atoms with E-state index < -0.39 is 0 Å². The number of nitrogens with zero attached hydrogens (tertiary/aromatic N) is 3. The van der Waals surface area contributed by atoms with Crippen LogP contribution >= 0.6 is 0 Å². The normalized spacial score (nSPS) is 11.6.